The Labute approximate surface area is 294 Å². The Morgan fingerprint density at radius 1 is 0.872 bits per heavy atom. The maximum Gasteiger partial charge on any atom is 0.264 e. The van der Waals surface area contributed by atoms with Crippen LogP contribution in [-0.4, -0.2) is 50.9 Å². The molecule has 0 radical (unpaired) electrons. The summed E-state index contributed by atoms with van der Waals surface area (Å²) in [4.78, 5) is 29.7. The van der Waals surface area contributed by atoms with E-state index in [1.54, 1.807) is 54.6 Å². The number of halogens is 3. The van der Waals surface area contributed by atoms with Gasteiger partial charge in [-0.05, 0) is 85.1 Å². The minimum atomic E-state index is -4.24. The van der Waals surface area contributed by atoms with Crippen molar-refractivity contribution >= 4 is 66.7 Å². The fourth-order valence-electron chi connectivity index (χ4n) is 4.89. The Kier molecular flexibility index (Phi) is 13.1. The largest absolute Gasteiger partial charge is 0.494 e. The number of carbonyl (C=O) groups excluding carboxylic acids is 2. The Balaban J connectivity index is 1.81. The standard InChI is InChI=1S/C35H36BrCl2N3O5S/c1-3-20-39-35(43)33(22-25-8-6-5-7-9-25)40(23-26-10-19-31(37)32(38)21-26)34(42)24-41(28-13-15-29(16-14-28)46-4-2)47(44,45)30-17-11-27(36)12-18-30/h5-19,21,33H,3-4,20,22-24H2,1-2H3,(H,39,43). The summed E-state index contributed by atoms with van der Waals surface area (Å²) in [7, 11) is -4.24. The summed E-state index contributed by atoms with van der Waals surface area (Å²) in [5.74, 6) is -0.383. The predicted octanol–water partition coefficient (Wildman–Crippen LogP) is 7.52. The third kappa shape index (κ3) is 9.73. The van der Waals surface area contributed by atoms with Gasteiger partial charge in [0.1, 0.15) is 18.3 Å². The lowest BCUT2D eigenvalue weighted by molar-refractivity contribution is -0.140. The minimum Gasteiger partial charge on any atom is -0.494 e. The molecule has 47 heavy (non-hydrogen) atoms. The molecule has 2 amide bonds. The van der Waals surface area contributed by atoms with Gasteiger partial charge < -0.3 is 15.0 Å². The van der Waals surface area contributed by atoms with Gasteiger partial charge in [-0.15, -0.1) is 0 Å². The van der Waals surface area contributed by atoms with Crippen LogP contribution in [0.1, 0.15) is 31.4 Å². The van der Waals surface area contributed by atoms with E-state index in [2.05, 4.69) is 21.2 Å². The van der Waals surface area contributed by atoms with Crippen molar-refractivity contribution in [3.63, 3.8) is 0 Å². The quantitative estimate of drug-likeness (QED) is 0.135. The van der Waals surface area contributed by atoms with Crippen molar-refractivity contribution in [1.82, 2.24) is 10.2 Å². The molecule has 12 heteroatoms. The molecule has 0 spiro atoms. The number of nitrogens with one attached hydrogen (secondary N) is 1. The molecule has 0 bridgehead atoms. The second kappa shape index (κ2) is 17.0. The van der Waals surface area contributed by atoms with Crippen LogP contribution in [0.15, 0.2) is 106 Å². The first kappa shape index (κ1) is 36.3. The number of sulfonamides is 1. The van der Waals surface area contributed by atoms with E-state index in [1.807, 2.05) is 44.2 Å². The van der Waals surface area contributed by atoms with Crippen molar-refractivity contribution < 1.29 is 22.7 Å². The first-order valence-corrected chi connectivity index (χ1v) is 18.1. The number of hydrogen-bond acceptors (Lipinski definition) is 5. The molecule has 0 fully saturated rings. The van der Waals surface area contributed by atoms with Crippen LogP contribution in [0.4, 0.5) is 5.69 Å². The van der Waals surface area contributed by atoms with Gasteiger partial charge in [0.2, 0.25) is 11.8 Å². The molecule has 0 aromatic heterocycles. The van der Waals surface area contributed by atoms with Gasteiger partial charge in [0, 0.05) is 24.0 Å². The number of amides is 2. The Morgan fingerprint density at radius 3 is 2.17 bits per heavy atom. The van der Waals surface area contributed by atoms with Gasteiger partial charge >= 0.3 is 0 Å². The number of ether oxygens (including phenoxy) is 1. The Hall–Kier alpha value is -3.57. The van der Waals surface area contributed by atoms with Gasteiger partial charge in [-0.25, -0.2) is 8.42 Å². The van der Waals surface area contributed by atoms with Crippen molar-refractivity contribution in [3.05, 3.63) is 123 Å². The molecule has 4 rings (SSSR count). The van der Waals surface area contributed by atoms with Gasteiger partial charge in [0.25, 0.3) is 10.0 Å². The average Bonchev–Trinajstić information content (AvgIpc) is 3.06. The van der Waals surface area contributed by atoms with Gasteiger partial charge in [-0.1, -0.05) is 82.5 Å². The lowest BCUT2D eigenvalue weighted by Crippen LogP contribution is -2.53. The zero-order valence-electron chi connectivity index (χ0n) is 26.0. The molecule has 1 atom stereocenters. The van der Waals surface area contributed by atoms with E-state index < -0.39 is 28.5 Å². The highest BCUT2D eigenvalue weighted by atomic mass is 79.9. The zero-order chi connectivity index (χ0) is 34.0. The van der Waals surface area contributed by atoms with E-state index in [0.717, 1.165) is 9.87 Å². The number of benzene rings is 4. The highest BCUT2D eigenvalue weighted by molar-refractivity contribution is 9.10. The maximum absolute atomic E-state index is 14.5. The van der Waals surface area contributed by atoms with E-state index in [-0.39, 0.29) is 29.5 Å². The molecule has 0 aliphatic rings. The topological polar surface area (TPSA) is 96.0 Å². The van der Waals surface area contributed by atoms with Gasteiger partial charge in [0.05, 0.1) is 27.2 Å². The molecule has 0 saturated heterocycles. The van der Waals surface area contributed by atoms with Crippen LogP contribution in [0, 0.1) is 0 Å². The third-order valence-electron chi connectivity index (χ3n) is 7.27. The smallest absolute Gasteiger partial charge is 0.264 e. The van der Waals surface area contributed by atoms with Crippen molar-refractivity contribution in [2.24, 2.45) is 0 Å². The molecule has 0 heterocycles. The molecule has 1 unspecified atom stereocenters. The van der Waals surface area contributed by atoms with Crippen molar-refractivity contribution in [2.45, 2.75) is 44.2 Å². The number of anilines is 1. The third-order valence-corrected chi connectivity index (χ3v) is 10.3. The summed E-state index contributed by atoms with van der Waals surface area (Å²) in [6.45, 7) is 4.03. The minimum absolute atomic E-state index is 0.0000535. The van der Waals surface area contributed by atoms with Crippen LogP contribution in [0.25, 0.3) is 0 Å². The maximum atomic E-state index is 14.5. The second-order valence-corrected chi connectivity index (χ2v) is 14.3. The highest BCUT2D eigenvalue weighted by Crippen LogP contribution is 2.29. The summed E-state index contributed by atoms with van der Waals surface area (Å²) in [6.07, 6.45) is 0.896. The molecule has 248 valence electrons. The summed E-state index contributed by atoms with van der Waals surface area (Å²) in [5.41, 5.74) is 1.72. The summed E-state index contributed by atoms with van der Waals surface area (Å²) >= 11 is 15.9. The Morgan fingerprint density at radius 2 is 1.55 bits per heavy atom. The average molecular weight is 762 g/mol. The van der Waals surface area contributed by atoms with E-state index in [4.69, 9.17) is 27.9 Å². The summed E-state index contributed by atoms with van der Waals surface area (Å²) in [6, 6.07) is 26.0. The van der Waals surface area contributed by atoms with Crippen LogP contribution < -0.4 is 14.4 Å². The predicted molar refractivity (Wildman–Crippen MR) is 191 cm³/mol. The van der Waals surface area contributed by atoms with E-state index >= 15 is 0 Å². The van der Waals surface area contributed by atoms with Crippen LogP contribution in [0.2, 0.25) is 10.0 Å². The molecule has 0 aliphatic heterocycles. The zero-order valence-corrected chi connectivity index (χ0v) is 29.9. The molecule has 4 aromatic rings. The molecular formula is C35H36BrCl2N3O5S. The summed E-state index contributed by atoms with van der Waals surface area (Å²) in [5, 5.41) is 3.57. The van der Waals surface area contributed by atoms with Crippen LogP contribution >= 0.6 is 39.1 Å². The van der Waals surface area contributed by atoms with Gasteiger partial charge in [-0.2, -0.15) is 0 Å². The monoisotopic (exact) mass is 759 g/mol. The van der Waals surface area contributed by atoms with Crippen molar-refractivity contribution in [2.75, 3.05) is 24.0 Å². The highest BCUT2D eigenvalue weighted by Gasteiger charge is 2.34. The number of rotatable bonds is 15. The fourth-order valence-corrected chi connectivity index (χ4v) is 6.89. The Bertz CT molecular complexity index is 1760. The number of carbonyl (C=O) groups is 2. The van der Waals surface area contributed by atoms with Crippen LogP contribution in [0.5, 0.6) is 5.75 Å². The normalized spacial score (nSPS) is 11.9. The molecule has 0 saturated carbocycles. The first-order valence-electron chi connectivity index (χ1n) is 15.1. The fraction of sp³-hybridized carbons (Fsp3) is 0.257. The molecular weight excluding hydrogens is 725 g/mol. The van der Waals surface area contributed by atoms with Gasteiger partial charge in [-0.3, -0.25) is 13.9 Å². The molecule has 8 nitrogen and oxygen atoms in total. The lowest BCUT2D eigenvalue weighted by atomic mass is 10.0. The molecule has 0 aliphatic carbocycles. The van der Waals surface area contributed by atoms with Gasteiger partial charge in [0.15, 0.2) is 0 Å². The van der Waals surface area contributed by atoms with E-state index in [1.165, 1.54) is 17.0 Å². The van der Waals surface area contributed by atoms with Crippen LogP contribution in [0.3, 0.4) is 0 Å². The second-order valence-electron chi connectivity index (χ2n) is 10.7. The number of nitrogens with zero attached hydrogens (tertiary/aromatic N) is 2. The van der Waals surface area contributed by atoms with E-state index in [9.17, 15) is 18.0 Å². The SMILES string of the molecule is CCCNC(=O)C(Cc1ccccc1)N(Cc1ccc(Cl)c(Cl)c1)C(=O)CN(c1ccc(OCC)cc1)S(=O)(=O)c1ccc(Br)cc1. The lowest BCUT2D eigenvalue weighted by Gasteiger charge is -2.34. The number of hydrogen-bond donors (Lipinski definition) is 1. The van der Waals surface area contributed by atoms with Crippen molar-refractivity contribution in [1.29, 1.82) is 0 Å². The summed E-state index contributed by atoms with van der Waals surface area (Å²) < 4.78 is 35.7. The molecule has 1 N–H and O–H groups in total. The van der Waals surface area contributed by atoms with Crippen molar-refractivity contribution in [3.8, 4) is 5.75 Å². The molecule has 4 aromatic carbocycles. The first-order chi connectivity index (χ1) is 22.5. The van der Waals surface area contributed by atoms with E-state index in [0.29, 0.717) is 45.4 Å². The van der Waals surface area contributed by atoms with Crippen LogP contribution in [-0.2, 0) is 32.6 Å².